The molecule has 0 fully saturated rings. The molecule has 0 unspecified atom stereocenters. The molecule has 0 aliphatic rings. The van der Waals surface area contributed by atoms with Gasteiger partial charge < -0.3 is 10.6 Å². The van der Waals surface area contributed by atoms with E-state index in [1.165, 1.54) is 0 Å². The van der Waals surface area contributed by atoms with Crippen molar-refractivity contribution < 1.29 is 4.79 Å². The number of carbonyl (C=O) groups is 1. The summed E-state index contributed by atoms with van der Waals surface area (Å²) in [4.78, 5) is 16.1. The van der Waals surface area contributed by atoms with E-state index in [0.29, 0.717) is 22.0 Å². The van der Waals surface area contributed by atoms with Crippen molar-refractivity contribution in [1.29, 1.82) is 0 Å². The maximum absolute atomic E-state index is 12.2. The summed E-state index contributed by atoms with van der Waals surface area (Å²) >= 11 is 9.28. The summed E-state index contributed by atoms with van der Waals surface area (Å²) in [6, 6.07) is 6.89. The van der Waals surface area contributed by atoms with Gasteiger partial charge in [0, 0.05) is 23.4 Å². The van der Waals surface area contributed by atoms with E-state index >= 15 is 0 Å². The molecule has 1 amide bonds. The summed E-state index contributed by atoms with van der Waals surface area (Å²) in [5.41, 5.74) is 1.83. The largest absolute Gasteiger partial charge is 0.386 e. The molecule has 1 aromatic carbocycles. The highest BCUT2D eigenvalue weighted by Crippen LogP contribution is 2.26. The highest BCUT2D eigenvalue weighted by atomic mass is 79.9. The first-order chi connectivity index (χ1) is 9.11. The lowest BCUT2D eigenvalue weighted by Crippen LogP contribution is -2.14. The molecular weight excluding hydrogens is 330 g/mol. The molecule has 4 nitrogen and oxygen atoms in total. The molecule has 0 spiro atoms. The standard InChI is InChI=1S/C13H11BrClN3O/c1-16-12-7-17-5-4-9(12)13(19)18-8-2-3-10(14)11(15)6-8/h2-7,16H,1H3,(H,18,19). The smallest absolute Gasteiger partial charge is 0.257 e. The zero-order valence-corrected chi connectivity index (χ0v) is 12.4. The first-order valence-electron chi connectivity index (χ1n) is 5.50. The van der Waals surface area contributed by atoms with Crippen LogP contribution < -0.4 is 10.6 Å². The molecule has 1 aromatic heterocycles. The molecule has 0 saturated heterocycles. The number of anilines is 2. The van der Waals surface area contributed by atoms with Crippen LogP contribution in [0.3, 0.4) is 0 Å². The van der Waals surface area contributed by atoms with E-state index in [1.54, 1.807) is 43.7 Å². The van der Waals surface area contributed by atoms with E-state index in [9.17, 15) is 4.79 Å². The Hall–Kier alpha value is -1.59. The number of hydrogen-bond acceptors (Lipinski definition) is 3. The molecule has 0 aliphatic carbocycles. The second-order valence-corrected chi connectivity index (χ2v) is 5.02. The summed E-state index contributed by atoms with van der Waals surface area (Å²) in [7, 11) is 1.74. The van der Waals surface area contributed by atoms with Gasteiger partial charge in [-0.05, 0) is 40.2 Å². The van der Waals surface area contributed by atoms with Crippen molar-refractivity contribution in [3.05, 3.63) is 51.7 Å². The van der Waals surface area contributed by atoms with Gasteiger partial charge in [0.25, 0.3) is 5.91 Å². The first-order valence-corrected chi connectivity index (χ1v) is 6.67. The van der Waals surface area contributed by atoms with E-state index < -0.39 is 0 Å². The van der Waals surface area contributed by atoms with Crippen LogP contribution in [0.2, 0.25) is 5.02 Å². The van der Waals surface area contributed by atoms with Crippen molar-refractivity contribution in [3.8, 4) is 0 Å². The summed E-state index contributed by atoms with van der Waals surface area (Å²) in [5.74, 6) is -0.217. The number of nitrogens with zero attached hydrogens (tertiary/aromatic N) is 1. The van der Waals surface area contributed by atoms with E-state index in [4.69, 9.17) is 11.6 Å². The Kier molecular flexibility index (Phi) is 4.39. The van der Waals surface area contributed by atoms with E-state index in [-0.39, 0.29) is 5.91 Å². The Labute approximate surface area is 124 Å². The maximum atomic E-state index is 12.2. The molecule has 0 saturated carbocycles. The van der Waals surface area contributed by atoms with Crippen LogP contribution in [0, 0.1) is 0 Å². The molecule has 0 atom stereocenters. The van der Waals surface area contributed by atoms with E-state index in [0.717, 1.165) is 4.47 Å². The molecule has 0 bridgehead atoms. The van der Waals surface area contributed by atoms with Gasteiger partial charge in [-0.15, -0.1) is 0 Å². The number of halogens is 2. The number of rotatable bonds is 3. The highest BCUT2D eigenvalue weighted by Gasteiger charge is 2.11. The van der Waals surface area contributed by atoms with Crippen molar-refractivity contribution in [2.45, 2.75) is 0 Å². The first kappa shape index (κ1) is 13.8. The molecule has 6 heteroatoms. The Morgan fingerprint density at radius 3 is 2.84 bits per heavy atom. The van der Waals surface area contributed by atoms with Crippen LogP contribution >= 0.6 is 27.5 Å². The van der Waals surface area contributed by atoms with Gasteiger partial charge in [0.2, 0.25) is 0 Å². The van der Waals surface area contributed by atoms with Crippen LogP contribution in [0.1, 0.15) is 10.4 Å². The number of nitrogens with one attached hydrogen (secondary N) is 2. The van der Waals surface area contributed by atoms with E-state index in [1.807, 2.05) is 0 Å². The number of hydrogen-bond donors (Lipinski definition) is 2. The lowest BCUT2D eigenvalue weighted by molar-refractivity contribution is 0.102. The highest BCUT2D eigenvalue weighted by molar-refractivity contribution is 9.10. The lowest BCUT2D eigenvalue weighted by Gasteiger charge is -2.09. The van der Waals surface area contributed by atoms with Gasteiger partial charge in [-0.3, -0.25) is 9.78 Å². The summed E-state index contributed by atoms with van der Waals surface area (Å²) in [6.45, 7) is 0. The summed E-state index contributed by atoms with van der Waals surface area (Å²) in [6.07, 6.45) is 3.17. The molecule has 98 valence electrons. The Morgan fingerprint density at radius 1 is 1.37 bits per heavy atom. The molecule has 2 N–H and O–H groups in total. The van der Waals surface area contributed by atoms with Gasteiger partial charge in [0.1, 0.15) is 0 Å². The van der Waals surface area contributed by atoms with Gasteiger partial charge in [-0.2, -0.15) is 0 Å². The predicted octanol–water partition coefficient (Wildman–Crippen LogP) is 3.79. The zero-order chi connectivity index (χ0) is 13.8. The average molecular weight is 341 g/mol. The van der Waals surface area contributed by atoms with Crippen LogP contribution in [-0.2, 0) is 0 Å². The molecule has 2 rings (SSSR count). The quantitative estimate of drug-likeness (QED) is 0.894. The zero-order valence-electron chi connectivity index (χ0n) is 10.1. The third-order valence-corrected chi connectivity index (χ3v) is 3.74. The normalized spacial score (nSPS) is 10.1. The molecule has 0 radical (unpaired) electrons. The van der Waals surface area contributed by atoms with Crippen molar-refractivity contribution in [2.24, 2.45) is 0 Å². The van der Waals surface area contributed by atoms with E-state index in [2.05, 4.69) is 31.5 Å². The fraction of sp³-hybridized carbons (Fsp3) is 0.0769. The molecule has 0 aliphatic heterocycles. The van der Waals surface area contributed by atoms with Gasteiger partial charge in [0.15, 0.2) is 0 Å². The van der Waals surface area contributed by atoms with Crippen molar-refractivity contribution >= 4 is 44.8 Å². The third kappa shape index (κ3) is 3.24. The van der Waals surface area contributed by atoms with Gasteiger partial charge >= 0.3 is 0 Å². The topological polar surface area (TPSA) is 54.0 Å². The Balaban J connectivity index is 2.23. The number of carbonyl (C=O) groups excluding carboxylic acids is 1. The Morgan fingerprint density at radius 2 is 2.16 bits per heavy atom. The maximum Gasteiger partial charge on any atom is 0.257 e. The number of aromatic nitrogens is 1. The predicted molar refractivity (Wildman–Crippen MR) is 80.9 cm³/mol. The fourth-order valence-electron chi connectivity index (χ4n) is 1.56. The summed E-state index contributed by atoms with van der Waals surface area (Å²) in [5, 5.41) is 6.26. The van der Waals surface area contributed by atoms with Crippen molar-refractivity contribution in [2.75, 3.05) is 17.7 Å². The van der Waals surface area contributed by atoms with Crippen LogP contribution in [0.5, 0.6) is 0 Å². The number of amides is 1. The molecule has 19 heavy (non-hydrogen) atoms. The molecule has 2 aromatic rings. The van der Waals surface area contributed by atoms with Crippen LogP contribution in [-0.4, -0.2) is 17.9 Å². The van der Waals surface area contributed by atoms with Crippen LogP contribution in [0.4, 0.5) is 11.4 Å². The van der Waals surface area contributed by atoms with Crippen molar-refractivity contribution in [3.63, 3.8) is 0 Å². The van der Waals surface area contributed by atoms with Crippen LogP contribution in [0.25, 0.3) is 0 Å². The van der Waals surface area contributed by atoms with Gasteiger partial charge in [0.05, 0.1) is 22.5 Å². The Bertz CT molecular complexity index is 619. The van der Waals surface area contributed by atoms with Crippen LogP contribution in [0.15, 0.2) is 41.1 Å². The third-order valence-electron chi connectivity index (χ3n) is 2.51. The minimum Gasteiger partial charge on any atom is -0.386 e. The SMILES string of the molecule is CNc1cnccc1C(=O)Nc1ccc(Br)c(Cl)c1. The molecular formula is C13H11BrClN3O. The van der Waals surface area contributed by atoms with Gasteiger partial charge in [-0.25, -0.2) is 0 Å². The monoisotopic (exact) mass is 339 g/mol. The minimum atomic E-state index is -0.217. The second kappa shape index (κ2) is 6.04. The fourth-order valence-corrected chi connectivity index (χ4v) is 1.99. The number of pyridine rings is 1. The average Bonchev–Trinajstić information content (AvgIpc) is 2.43. The number of benzene rings is 1. The minimum absolute atomic E-state index is 0.217. The lowest BCUT2D eigenvalue weighted by atomic mass is 10.2. The van der Waals surface area contributed by atoms with Crippen molar-refractivity contribution in [1.82, 2.24) is 4.98 Å². The summed E-state index contributed by atoms with van der Waals surface area (Å²) < 4.78 is 0.784. The molecule has 1 heterocycles. The second-order valence-electron chi connectivity index (χ2n) is 3.75. The van der Waals surface area contributed by atoms with Gasteiger partial charge in [-0.1, -0.05) is 11.6 Å².